The van der Waals surface area contributed by atoms with Gasteiger partial charge < -0.3 is 15.2 Å². The Kier molecular flexibility index (Phi) is 4.35. The van der Waals surface area contributed by atoms with Gasteiger partial charge in [0.2, 0.25) is 0 Å². The average Bonchev–Trinajstić information content (AvgIpc) is 2.91. The maximum Gasteiger partial charge on any atom is 0.251 e. The third-order valence-electron chi connectivity index (χ3n) is 2.55. The van der Waals surface area contributed by atoms with E-state index in [0.717, 1.165) is 5.01 Å². The van der Waals surface area contributed by atoms with Crippen molar-refractivity contribution in [1.29, 1.82) is 0 Å². The molecule has 1 aromatic carbocycles. The molecule has 2 rings (SSSR count). The van der Waals surface area contributed by atoms with E-state index in [1.54, 1.807) is 29.7 Å². The molecular formula is C13H14N2O3S. The molecule has 0 unspecified atom stereocenters. The van der Waals surface area contributed by atoms with Gasteiger partial charge in [-0.2, -0.15) is 0 Å². The lowest BCUT2D eigenvalue weighted by molar-refractivity contribution is 0.0953. The molecule has 1 aromatic heterocycles. The number of hydrogen-bond acceptors (Lipinski definition) is 5. The molecule has 1 amide bonds. The third-order valence-corrected chi connectivity index (χ3v) is 3.39. The molecule has 0 fully saturated rings. The number of carbonyl (C=O) groups is 1. The fourth-order valence-corrected chi connectivity index (χ4v) is 2.21. The molecule has 0 aliphatic heterocycles. The number of rotatable bonds is 5. The molecular weight excluding hydrogens is 264 g/mol. The molecule has 1 heterocycles. The molecule has 0 aliphatic rings. The summed E-state index contributed by atoms with van der Waals surface area (Å²) in [6.07, 6.45) is 2.44. The number of nitrogens with zero attached hydrogens (tertiary/aromatic N) is 1. The maximum absolute atomic E-state index is 11.8. The van der Waals surface area contributed by atoms with Crippen LogP contribution in [0.15, 0.2) is 29.8 Å². The van der Waals surface area contributed by atoms with Crippen LogP contribution >= 0.6 is 11.3 Å². The van der Waals surface area contributed by atoms with Crippen LogP contribution in [0.4, 0.5) is 0 Å². The van der Waals surface area contributed by atoms with Gasteiger partial charge >= 0.3 is 0 Å². The third kappa shape index (κ3) is 3.45. The summed E-state index contributed by atoms with van der Waals surface area (Å²) in [5.41, 5.74) is 0.400. The number of aromatic nitrogens is 1. The predicted octanol–water partition coefficient (Wildman–Crippen LogP) is 1.83. The first-order chi connectivity index (χ1) is 9.20. The number of carbonyl (C=O) groups excluding carboxylic acids is 1. The molecule has 0 atom stereocenters. The van der Waals surface area contributed by atoms with Crippen LogP contribution in [0, 0.1) is 0 Å². The summed E-state index contributed by atoms with van der Waals surface area (Å²) >= 11 is 1.56. The Bertz CT molecular complexity index is 555. The summed E-state index contributed by atoms with van der Waals surface area (Å²) in [5, 5.41) is 15.3. The summed E-state index contributed by atoms with van der Waals surface area (Å²) in [6.45, 7) is 0.513. The molecule has 6 heteroatoms. The standard InChI is InChI=1S/C13H14N2O3S/c1-18-11-3-2-9(8-10(11)16)13(17)15-5-4-12-14-6-7-19-12/h2-3,6-8,16H,4-5H2,1H3,(H,15,17). The van der Waals surface area contributed by atoms with Gasteiger partial charge in [0.25, 0.3) is 5.91 Å². The molecule has 0 spiro atoms. The highest BCUT2D eigenvalue weighted by Crippen LogP contribution is 2.26. The van der Waals surface area contributed by atoms with Crippen LogP contribution in [0.2, 0.25) is 0 Å². The van der Waals surface area contributed by atoms with E-state index in [1.165, 1.54) is 13.2 Å². The maximum atomic E-state index is 11.8. The Morgan fingerprint density at radius 3 is 3.00 bits per heavy atom. The monoisotopic (exact) mass is 278 g/mol. The Labute approximate surface area is 114 Å². The van der Waals surface area contributed by atoms with Crippen LogP contribution in [0.25, 0.3) is 0 Å². The first-order valence-electron chi connectivity index (χ1n) is 5.74. The minimum absolute atomic E-state index is 0.0462. The van der Waals surface area contributed by atoms with Gasteiger partial charge in [-0.3, -0.25) is 4.79 Å². The van der Waals surface area contributed by atoms with E-state index < -0.39 is 0 Å². The topological polar surface area (TPSA) is 71.5 Å². The highest BCUT2D eigenvalue weighted by Gasteiger charge is 2.09. The van der Waals surface area contributed by atoms with E-state index in [2.05, 4.69) is 10.3 Å². The minimum atomic E-state index is -0.227. The van der Waals surface area contributed by atoms with Crippen molar-refractivity contribution in [1.82, 2.24) is 10.3 Å². The predicted molar refractivity (Wildman–Crippen MR) is 72.8 cm³/mol. The number of thiazole rings is 1. The molecule has 5 nitrogen and oxygen atoms in total. The van der Waals surface area contributed by atoms with Crippen LogP contribution < -0.4 is 10.1 Å². The smallest absolute Gasteiger partial charge is 0.251 e. The molecule has 2 aromatic rings. The van der Waals surface area contributed by atoms with Gasteiger partial charge in [-0.05, 0) is 18.2 Å². The first kappa shape index (κ1) is 13.4. The van der Waals surface area contributed by atoms with Crippen LogP contribution in [-0.2, 0) is 6.42 Å². The fraction of sp³-hybridized carbons (Fsp3) is 0.231. The highest BCUT2D eigenvalue weighted by molar-refractivity contribution is 7.09. The molecule has 2 N–H and O–H groups in total. The largest absolute Gasteiger partial charge is 0.504 e. The normalized spacial score (nSPS) is 10.2. The number of phenolic OH excluding ortho intramolecular Hbond substituents is 1. The zero-order valence-corrected chi connectivity index (χ0v) is 11.2. The summed E-state index contributed by atoms with van der Waals surface area (Å²) in [7, 11) is 1.46. The molecule has 0 bridgehead atoms. The fourth-order valence-electron chi connectivity index (χ4n) is 1.59. The van der Waals surface area contributed by atoms with Crippen molar-refractivity contribution >= 4 is 17.2 Å². The van der Waals surface area contributed by atoms with Crippen LogP contribution in [-0.4, -0.2) is 29.7 Å². The lowest BCUT2D eigenvalue weighted by atomic mass is 10.2. The van der Waals surface area contributed by atoms with Gasteiger partial charge in [-0.1, -0.05) is 0 Å². The van der Waals surface area contributed by atoms with Crippen molar-refractivity contribution < 1.29 is 14.6 Å². The summed E-state index contributed by atoms with van der Waals surface area (Å²) < 4.78 is 4.92. The summed E-state index contributed by atoms with van der Waals surface area (Å²) in [5.74, 6) is 0.0731. The van der Waals surface area contributed by atoms with Crippen LogP contribution in [0.3, 0.4) is 0 Å². The number of hydrogen-bond donors (Lipinski definition) is 2. The number of amides is 1. The zero-order valence-electron chi connectivity index (χ0n) is 10.4. The molecule has 100 valence electrons. The van der Waals surface area contributed by atoms with E-state index in [1.807, 2.05) is 5.38 Å². The highest BCUT2D eigenvalue weighted by atomic mass is 32.1. The van der Waals surface area contributed by atoms with Crippen LogP contribution in [0.1, 0.15) is 15.4 Å². The minimum Gasteiger partial charge on any atom is -0.504 e. The number of methoxy groups -OCH3 is 1. The van der Waals surface area contributed by atoms with E-state index in [9.17, 15) is 9.90 Å². The van der Waals surface area contributed by atoms with Gasteiger partial charge in [-0.25, -0.2) is 4.98 Å². The van der Waals surface area contributed by atoms with Gasteiger partial charge in [0.1, 0.15) is 0 Å². The average molecular weight is 278 g/mol. The lowest BCUT2D eigenvalue weighted by Gasteiger charge is -2.07. The van der Waals surface area contributed by atoms with E-state index in [0.29, 0.717) is 24.3 Å². The van der Waals surface area contributed by atoms with Crippen molar-refractivity contribution in [3.63, 3.8) is 0 Å². The van der Waals surface area contributed by atoms with Gasteiger partial charge in [-0.15, -0.1) is 11.3 Å². The molecule has 0 saturated heterocycles. The molecule has 0 radical (unpaired) electrons. The second-order valence-electron chi connectivity index (χ2n) is 3.82. The molecule has 0 saturated carbocycles. The number of benzene rings is 1. The lowest BCUT2D eigenvalue weighted by Crippen LogP contribution is -2.25. The van der Waals surface area contributed by atoms with Crippen molar-refractivity contribution in [3.8, 4) is 11.5 Å². The van der Waals surface area contributed by atoms with E-state index in [-0.39, 0.29) is 11.7 Å². The second kappa shape index (κ2) is 6.19. The van der Waals surface area contributed by atoms with Crippen molar-refractivity contribution in [2.75, 3.05) is 13.7 Å². The van der Waals surface area contributed by atoms with E-state index in [4.69, 9.17) is 4.74 Å². The number of aromatic hydroxyl groups is 1. The Hall–Kier alpha value is -2.08. The van der Waals surface area contributed by atoms with Crippen molar-refractivity contribution in [3.05, 3.63) is 40.3 Å². The molecule has 0 aliphatic carbocycles. The van der Waals surface area contributed by atoms with Crippen molar-refractivity contribution in [2.45, 2.75) is 6.42 Å². The Morgan fingerprint density at radius 1 is 1.53 bits per heavy atom. The number of nitrogens with one attached hydrogen (secondary N) is 1. The van der Waals surface area contributed by atoms with Gasteiger partial charge in [0, 0.05) is 30.1 Å². The quantitative estimate of drug-likeness (QED) is 0.875. The second-order valence-corrected chi connectivity index (χ2v) is 4.80. The van der Waals surface area contributed by atoms with Crippen molar-refractivity contribution in [2.24, 2.45) is 0 Å². The summed E-state index contributed by atoms with van der Waals surface area (Å²) in [4.78, 5) is 16.0. The number of phenols is 1. The van der Waals surface area contributed by atoms with Gasteiger partial charge in [0.15, 0.2) is 11.5 Å². The van der Waals surface area contributed by atoms with Crippen LogP contribution in [0.5, 0.6) is 11.5 Å². The van der Waals surface area contributed by atoms with E-state index >= 15 is 0 Å². The summed E-state index contributed by atoms with van der Waals surface area (Å²) in [6, 6.07) is 4.56. The Morgan fingerprint density at radius 2 is 2.37 bits per heavy atom. The van der Waals surface area contributed by atoms with Gasteiger partial charge in [0.05, 0.1) is 12.1 Å². The zero-order chi connectivity index (χ0) is 13.7. The number of ether oxygens (including phenoxy) is 1. The Balaban J connectivity index is 1.91. The SMILES string of the molecule is COc1ccc(C(=O)NCCc2nccs2)cc1O. The first-order valence-corrected chi connectivity index (χ1v) is 6.62. The molecule has 19 heavy (non-hydrogen) atoms.